The largest absolute Gasteiger partial charge is 0.490 e. The molecule has 1 aliphatic heterocycles. The van der Waals surface area contributed by atoms with Crippen molar-refractivity contribution in [3.8, 4) is 17.2 Å². The van der Waals surface area contributed by atoms with E-state index in [0.717, 1.165) is 0 Å². The van der Waals surface area contributed by atoms with Crippen LogP contribution in [0.5, 0.6) is 17.2 Å². The Morgan fingerprint density at radius 2 is 1.81 bits per heavy atom. The molecule has 2 atom stereocenters. The Balaban J connectivity index is 1.64. The minimum atomic E-state index is -1.18. The number of benzene rings is 2. The molecule has 0 unspecified atom stereocenters. The average molecular weight is 728 g/mol. The number of aliphatic hydroxyl groups is 1. The number of esters is 2. The van der Waals surface area contributed by atoms with Crippen molar-refractivity contribution in [3.05, 3.63) is 61.7 Å². The molecule has 1 aliphatic rings. The predicted molar refractivity (Wildman–Crippen MR) is 163 cm³/mol. The Morgan fingerprint density at radius 1 is 1.09 bits per heavy atom. The first kappa shape index (κ1) is 33.7. The van der Waals surface area contributed by atoms with Gasteiger partial charge in [-0.15, -0.1) is 0 Å². The lowest BCUT2D eigenvalue weighted by atomic mass is 9.95. The maximum Gasteiger partial charge on any atom is 0.344 e. The number of urea groups is 1. The van der Waals surface area contributed by atoms with E-state index in [2.05, 4.69) is 53.0 Å². The van der Waals surface area contributed by atoms with Gasteiger partial charge in [0.15, 0.2) is 24.3 Å². The van der Waals surface area contributed by atoms with Gasteiger partial charge in [-0.1, -0.05) is 6.07 Å². The van der Waals surface area contributed by atoms with E-state index in [9.17, 15) is 19.5 Å². The van der Waals surface area contributed by atoms with Gasteiger partial charge in [-0.3, -0.25) is 5.43 Å². The second-order valence-electron chi connectivity index (χ2n) is 8.82. The van der Waals surface area contributed by atoms with Gasteiger partial charge in [-0.05, 0) is 88.0 Å². The van der Waals surface area contributed by atoms with Gasteiger partial charge in [0.2, 0.25) is 0 Å². The molecule has 0 radical (unpaired) electrons. The van der Waals surface area contributed by atoms with E-state index < -0.39 is 30.2 Å². The predicted octanol–water partition coefficient (Wildman–Crippen LogP) is 3.67. The number of nitrogens with one attached hydrogen (secondary N) is 3. The van der Waals surface area contributed by atoms with Crippen molar-refractivity contribution >= 4 is 56.0 Å². The average Bonchev–Trinajstić information content (AvgIpc) is 2.95. The molecular formula is C28H32Br2N4O9. The third kappa shape index (κ3) is 9.33. The highest BCUT2D eigenvalue weighted by Crippen LogP contribution is 2.36. The molecule has 3 rings (SSSR count). The molecule has 0 bridgehead atoms. The number of halogens is 2. The molecule has 0 aromatic heterocycles. The van der Waals surface area contributed by atoms with Crippen LogP contribution in [0.3, 0.4) is 0 Å². The summed E-state index contributed by atoms with van der Waals surface area (Å²) < 4.78 is 27.9. The number of ether oxygens (including phenoxy) is 5. The molecule has 15 heteroatoms. The maximum atomic E-state index is 12.4. The number of carbonyl (C=O) groups is 3. The van der Waals surface area contributed by atoms with Crippen molar-refractivity contribution in [1.82, 2.24) is 16.1 Å². The van der Waals surface area contributed by atoms with Crippen LogP contribution in [-0.2, 0) is 19.1 Å². The van der Waals surface area contributed by atoms with Crippen molar-refractivity contribution in [2.24, 2.45) is 5.10 Å². The summed E-state index contributed by atoms with van der Waals surface area (Å²) in [6.07, 6.45) is 0.306. The number of aliphatic hydroxyl groups excluding tert-OH is 1. The lowest BCUT2D eigenvalue weighted by Crippen LogP contribution is -2.45. The Kier molecular flexibility index (Phi) is 12.6. The van der Waals surface area contributed by atoms with Gasteiger partial charge in [0, 0.05) is 5.70 Å². The quantitative estimate of drug-likeness (QED) is 0.0977. The summed E-state index contributed by atoms with van der Waals surface area (Å²) in [5, 5.41) is 19.7. The van der Waals surface area contributed by atoms with E-state index >= 15 is 0 Å². The normalized spacial score (nSPS) is 15.3. The van der Waals surface area contributed by atoms with Gasteiger partial charge >= 0.3 is 18.0 Å². The Morgan fingerprint density at radius 3 is 2.47 bits per heavy atom. The molecule has 0 fully saturated rings. The van der Waals surface area contributed by atoms with E-state index in [-0.39, 0.29) is 25.4 Å². The highest BCUT2D eigenvalue weighted by molar-refractivity contribution is 9.11. The van der Waals surface area contributed by atoms with Crippen LogP contribution in [0.25, 0.3) is 0 Å². The topological polar surface area (TPSA) is 166 Å². The number of rotatable bonds is 14. The fourth-order valence-electron chi connectivity index (χ4n) is 3.95. The Hall–Kier alpha value is -3.82. The van der Waals surface area contributed by atoms with E-state index in [0.29, 0.717) is 49.6 Å². The molecule has 2 amide bonds. The Bertz CT molecular complexity index is 1380. The zero-order chi connectivity index (χ0) is 31.5. The molecule has 0 spiro atoms. The fraction of sp³-hybridized carbons (Fsp3) is 0.357. The first-order chi connectivity index (χ1) is 20.6. The van der Waals surface area contributed by atoms with Gasteiger partial charge in [0.1, 0.15) is 12.4 Å². The summed E-state index contributed by atoms with van der Waals surface area (Å²) in [6, 6.07) is 7.17. The van der Waals surface area contributed by atoms with Crippen molar-refractivity contribution in [2.45, 2.75) is 33.0 Å². The molecule has 43 heavy (non-hydrogen) atoms. The molecule has 0 saturated carbocycles. The highest BCUT2D eigenvalue weighted by Gasteiger charge is 2.32. The van der Waals surface area contributed by atoms with E-state index in [1.807, 2.05) is 0 Å². The summed E-state index contributed by atoms with van der Waals surface area (Å²) in [5.41, 5.74) is 4.46. The van der Waals surface area contributed by atoms with Crippen LogP contribution in [0.1, 0.15) is 37.9 Å². The second-order valence-corrected chi connectivity index (χ2v) is 10.5. The molecule has 232 valence electrons. The van der Waals surface area contributed by atoms with Crippen molar-refractivity contribution in [1.29, 1.82) is 0 Å². The minimum Gasteiger partial charge on any atom is -0.490 e. The molecule has 2 aromatic carbocycles. The number of hydrogen-bond acceptors (Lipinski definition) is 11. The van der Waals surface area contributed by atoms with Crippen LogP contribution >= 0.6 is 31.9 Å². The van der Waals surface area contributed by atoms with Crippen LogP contribution in [0, 0.1) is 0 Å². The number of methoxy groups -OCH3 is 1. The zero-order valence-corrected chi connectivity index (χ0v) is 27.0. The Labute approximate surface area is 265 Å². The lowest BCUT2D eigenvalue weighted by Gasteiger charge is -2.28. The van der Waals surface area contributed by atoms with Crippen LogP contribution in [0.15, 0.2) is 55.6 Å². The van der Waals surface area contributed by atoms with Gasteiger partial charge in [-0.25, -0.2) is 14.4 Å². The molecule has 4 N–H and O–H groups in total. The van der Waals surface area contributed by atoms with Crippen molar-refractivity contribution in [2.75, 3.05) is 33.5 Å². The van der Waals surface area contributed by atoms with E-state index in [1.165, 1.54) is 13.3 Å². The highest BCUT2D eigenvalue weighted by atomic mass is 79.9. The lowest BCUT2D eigenvalue weighted by molar-refractivity contribution is -0.145. The second kappa shape index (κ2) is 16.1. The van der Waals surface area contributed by atoms with Crippen LogP contribution in [0.2, 0.25) is 0 Å². The maximum absolute atomic E-state index is 12.4. The van der Waals surface area contributed by atoms with E-state index in [1.54, 1.807) is 51.1 Å². The molecule has 0 aliphatic carbocycles. The standard InChI is InChI=1S/C28H32Br2N4O9/c1-5-40-21-11-17(25-24(27(37)39-4)15(3)32-28(38)33-25)7-8-20(21)42-13-22(35)34-31-12-16-9-18(29)26(19(30)10-16)43-14-23(36)41-6-2/h7-12,22,25,34-35H,5-6,13-14H2,1-4H3,(H2,32,33,38)/b31-12-/t22-,25+/m0/s1. The van der Waals surface area contributed by atoms with Crippen molar-refractivity contribution in [3.63, 3.8) is 0 Å². The number of carbonyl (C=O) groups excluding carboxylic acids is 3. The van der Waals surface area contributed by atoms with Gasteiger partial charge in [-0.2, -0.15) is 5.10 Å². The summed E-state index contributed by atoms with van der Waals surface area (Å²) in [4.78, 5) is 36.1. The van der Waals surface area contributed by atoms with Gasteiger partial charge in [0.25, 0.3) is 0 Å². The SMILES string of the molecule is CCOC(=O)COc1c(Br)cc(/C=N\N[C@@H](O)COc2ccc([C@H]3NC(=O)NC(C)=C3C(=O)OC)cc2OCC)cc1Br. The van der Waals surface area contributed by atoms with Crippen LogP contribution in [0.4, 0.5) is 4.79 Å². The molecule has 1 heterocycles. The number of allylic oxidation sites excluding steroid dienone is 1. The van der Waals surface area contributed by atoms with Gasteiger partial charge in [0.05, 0.1) is 47.1 Å². The fourth-order valence-corrected chi connectivity index (χ4v) is 5.40. The number of hydrogen-bond donors (Lipinski definition) is 4. The molecule has 0 saturated heterocycles. The third-order valence-corrected chi connectivity index (χ3v) is 6.95. The molecule has 2 aromatic rings. The first-order valence-corrected chi connectivity index (χ1v) is 14.7. The van der Waals surface area contributed by atoms with Crippen molar-refractivity contribution < 1.29 is 43.2 Å². The summed E-state index contributed by atoms with van der Waals surface area (Å²) in [5.74, 6) is 0.0541. The smallest absolute Gasteiger partial charge is 0.344 e. The minimum absolute atomic E-state index is 0.179. The molecule has 13 nitrogen and oxygen atoms in total. The summed E-state index contributed by atoms with van der Waals surface area (Å²) in [7, 11) is 1.27. The summed E-state index contributed by atoms with van der Waals surface area (Å²) in [6.45, 7) is 5.30. The number of hydrazone groups is 1. The zero-order valence-electron chi connectivity index (χ0n) is 23.9. The van der Waals surface area contributed by atoms with Gasteiger partial charge < -0.3 is 39.4 Å². The number of nitrogens with zero attached hydrogens (tertiary/aromatic N) is 1. The first-order valence-electron chi connectivity index (χ1n) is 13.1. The van der Waals surface area contributed by atoms with Crippen LogP contribution < -0.4 is 30.3 Å². The van der Waals surface area contributed by atoms with E-state index in [4.69, 9.17) is 23.7 Å². The summed E-state index contributed by atoms with van der Waals surface area (Å²) >= 11 is 6.82. The van der Waals surface area contributed by atoms with Crippen LogP contribution in [-0.4, -0.2) is 69.1 Å². The molecular weight excluding hydrogens is 696 g/mol. The number of amides is 2. The monoisotopic (exact) mass is 726 g/mol. The third-order valence-electron chi connectivity index (χ3n) is 5.77.